The van der Waals surface area contributed by atoms with E-state index in [4.69, 9.17) is 23.3 Å². The highest BCUT2D eigenvalue weighted by Gasteiger charge is 2.45. The molecule has 0 bridgehead atoms. The second-order valence-corrected chi connectivity index (χ2v) is 10.0. The third kappa shape index (κ3) is 7.03. The fraction of sp³-hybridized carbons (Fsp3) is 1.00. The van der Waals surface area contributed by atoms with Crippen molar-refractivity contribution in [3.05, 3.63) is 0 Å². The zero-order valence-electron chi connectivity index (χ0n) is 17.8. The average Bonchev–Trinajstić information content (AvgIpc) is 3.02. The molecule has 166 valence electrons. The van der Waals surface area contributed by atoms with Crippen LogP contribution >= 0.6 is 7.82 Å². The summed E-state index contributed by atoms with van der Waals surface area (Å²) < 4.78 is 40.4. The molecule has 2 fully saturated rings. The van der Waals surface area contributed by atoms with E-state index in [-0.39, 0.29) is 49.5 Å². The molecular formula is C19H37O8P. The van der Waals surface area contributed by atoms with Crippen molar-refractivity contribution in [3.8, 4) is 0 Å². The van der Waals surface area contributed by atoms with Crippen LogP contribution in [-0.2, 0) is 27.8 Å². The molecule has 2 N–H and O–H groups in total. The molecule has 1 aliphatic heterocycles. The van der Waals surface area contributed by atoms with Gasteiger partial charge < -0.3 is 24.2 Å². The quantitative estimate of drug-likeness (QED) is 0.516. The highest BCUT2D eigenvalue weighted by molar-refractivity contribution is 7.47. The van der Waals surface area contributed by atoms with Gasteiger partial charge in [-0.05, 0) is 47.0 Å². The number of phosphoric ester groups is 1. The summed E-state index contributed by atoms with van der Waals surface area (Å²) in [6.45, 7) is 11.7. The molecule has 0 amide bonds. The molecule has 8 nitrogen and oxygen atoms in total. The van der Waals surface area contributed by atoms with Crippen molar-refractivity contribution in [3.63, 3.8) is 0 Å². The van der Waals surface area contributed by atoms with Crippen LogP contribution in [0.2, 0.25) is 0 Å². The molecule has 1 heterocycles. The van der Waals surface area contributed by atoms with Crippen LogP contribution in [0.4, 0.5) is 0 Å². The number of rotatable bonds is 10. The Labute approximate surface area is 168 Å². The van der Waals surface area contributed by atoms with Crippen molar-refractivity contribution in [2.45, 2.75) is 97.1 Å². The minimum absolute atomic E-state index is 0.000243. The topological polar surface area (TPSA) is 104 Å². The van der Waals surface area contributed by atoms with Gasteiger partial charge in [0.25, 0.3) is 0 Å². The molecule has 4 unspecified atom stereocenters. The maximum absolute atomic E-state index is 12.5. The number of hydrogen-bond acceptors (Lipinski definition) is 7. The Morgan fingerprint density at radius 2 is 1.75 bits per heavy atom. The van der Waals surface area contributed by atoms with Crippen LogP contribution in [0.3, 0.4) is 0 Å². The van der Waals surface area contributed by atoms with Crippen LogP contribution in [0.15, 0.2) is 0 Å². The molecule has 0 aromatic carbocycles. The van der Waals surface area contributed by atoms with Crippen molar-refractivity contribution in [2.75, 3.05) is 13.2 Å². The van der Waals surface area contributed by atoms with Crippen LogP contribution in [0, 0.1) is 11.8 Å². The molecule has 8 atom stereocenters. The SMILES string of the molecule is CC(C)OC[C@H]1C(O)[C@@H](C)C[C@H]1OP(=O)(O)OCC1O[C@@H](C)CC1OC(C)C. The van der Waals surface area contributed by atoms with E-state index < -0.39 is 26.1 Å². The lowest BCUT2D eigenvalue weighted by molar-refractivity contribution is -0.0661. The number of ether oxygens (including phenoxy) is 3. The fourth-order valence-electron chi connectivity index (χ4n) is 3.88. The summed E-state index contributed by atoms with van der Waals surface area (Å²) in [4.78, 5) is 10.2. The zero-order valence-corrected chi connectivity index (χ0v) is 18.7. The van der Waals surface area contributed by atoms with E-state index in [9.17, 15) is 14.6 Å². The molecule has 0 aromatic heterocycles. The monoisotopic (exact) mass is 424 g/mol. The van der Waals surface area contributed by atoms with E-state index in [0.717, 1.165) is 0 Å². The maximum Gasteiger partial charge on any atom is 0.472 e. The van der Waals surface area contributed by atoms with Crippen molar-refractivity contribution in [1.29, 1.82) is 0 Å². The number of aliphatic hydroxyl groups excluding tert-OH is 1. The van der Waals surface area contributed by atoms with Crippen LogP contribution in [0.25, 0.3) is 0 Å². The van der Waals surface area contributed by atoms with E-state index in [1.165, 1.54) is 0 Å². The second kappa shape index (κ2) is 10.3. The highest BCUT2D eigenvalue weighted by Crippen LogP contribution is 2.50. The molecular weight excluding hydrogens is 387 g/mol. The Balaban J connectivity index is 1.91. The summed E-state index contributed by atoms with van der Waals surface area (Å²) in [6, 6.07) is 0. The van der Waals surface area contributed by atoms with E-state index in [0.29, 0.717) is 12.8 Å². The Hall–Kier alpha value is -0.0500. The minimum Gasteiger partial charge on any atom is -0.392 e. The van der Waals surface area contributed by atoms with Gasteiger partial charge in [-0.3, -0.25) is 9.05 Å². The van der Waals surface area contributed by atoms with Gasteiger partial charge in [0, 0.05) is 12.3 Å². The predicted molar refractivity (Wildman–Crippen MR) is 104 cm³/mol. The molecule has 28 heavy (non-hydrogen) atoms. The molecule has 1 saturated heterocycles. The van der Waals surface area contributed by atoms with Crippen LogP contribution < -0.4 is 0 Å². The summed E-state index contributed by atoms with van der Waals surface area (Å²) in [6.07, 6.45) is -0.648. The first kappa shape index (κ1) is 24.2. The number of aliphatic hydroxyl groups is 1. The lowest BCUT2D eigenvalue weighted by atomic mass is 10.0. The third-order valence-electron chi connectivity index (χ3n) is 5.23. The van der Waals surface area contributed by atoms with E-state index >= 15 is 0 Å². The van der Waals surface area contributed by atoms with Gasteiger partial charge in [-0.25, -0.2) is 4.57 Å². The first-order chi connectivity index (χ1) is 13.0. The lowest BCUT2D eigenvalue weighted by Crippen LogP contribution is -2.32. The maximum atomic E-state index is 12.5. The van der Waals surface area contributed by atoms with Gasteiger partial charge >= 0.3 is 7.82 Å². The predicted octanol–water partition coefficient (Wildman–Crippen LogP) is 2.90. The van der Waals surface area contributed by atoms with Gasteiger partial charge in [0.1, 0.15) is 6.10 Å². The molecule has 2 aliphatic rings. The molecule has 2 rings (SSSR count). The van der Waals surface area contributed by atoms with E-state index in [1.807, 2.05) is 41.5 Å². The van der Waals surface area contributed by atoms with Gasteiger partial charge in [-0.1, -0.05) is 6.92 Å². The standard InChI is InChI=1S/C19H37O8P/c1-11(2)23-9-15-16(7-13(5)19(15)20)27-28(21,22)24-10-18-17(25-12(3)4)8-14(6)26-18/h11-20H,7-10H2,1-6H3,(H,21,22)/t13-,14-,15+,16+,17?,18?,19?/m0/s1. The summed E-state index contributed by atoms with van der Waals surface area (Å²) in [7, 11) is -4.31. The molecule has 9 heteroatoms. The second-order valence-electron chi connectivity index (χ2n) is 8.60. The summed E-state index contributed by atoms with van der Waals surface area (Å²) >= 11 is 0. The van der Waals surface area contributed by atoms with Crippen LogP contribution in [0.5, 0.6) is 0 Å². The first-order valence-corrected chi connectivity index (χ1v) is 11.7. The van der Waals surface area contributed by atoms with Crippen LogP contribution in [0.1, 0.15) is 54.4 Å². The molecule has 0 spiro atoms. The Kier molecular flexibility index (Phi) is 8.92. The molecule has 0 aromatic rings. The Bertz CT molecular complexity index is 528. The number of hydrogen-bond donors (Lipinski definition) is 2. The number of phosphoric acid groups is 1. The third-order valence-corrected chi connectivity index (χ3v) is 6.24. The van der Waals surface area contributed by atoms with Gasteiger partial charge in [-0.2, -0.15) is 0 Å². The molecule has 0 radical (unpaired) electrons. The summed E-state index contributed by atoms with van der Waals surface area (Å²) in [5.74, 6) is -0.421. The van der Waals surface area contributed by atoms with Gasteiger partial charge in [0.05, 0.1) is 49.8 Å². The minimum atomic E-state index is -4.31. The fourth-order valence-corrected chi connectivity index (χ4v) is 4.86. The average molecular weight is 424 g/mol. The van der Waals surface area contributed by atoms with Crippen molar-refractivity contribution in [1.82, 2.24) is 0 Å². The van der Waals surface area contributed by atoms with Gasteiger partial charge in [0.15, 0.2) is 0 Å². The van der Waals surface area contributed by atoms with Crippen molar-refractivity contribution >= 4 is 7.82 Å². The summed E-state index contributed by atoms with van der Waals surface area (Å²) in [5, 5.41) is 10.4. The molecule has 1 saturated carbocycles. The van der Waals surface area contributed by atoms with Gasteiger partial charge in [-0.15, -0.1) is 0 Å². The lowest BCUT2D eigenvalue weighted by Gasteiger charge is -2.26. The largest absolute Gasteiger partial charge is 0.472 e. The molecule has 1 aliphatic carbocycles. The normalized spacial score (nSPS) is 38.4. The van der Waals surface area contributed by atoms with E-state index in [1.54, 1.807) is 0 Å². The smallest absolute Gasteiger partial charge is 0.392 e. The zero-order chi connectivity index (χ0) is 21.1. The Morgan fingerprint density at radius 3 is 2.36 bits per heavy atom. The van der Waals surface area contributed by atoms with E-state index in [2.05, 4.69) is 0 Å². The van der Waals surface area contributed by atoms with Crippen molar-refractivity contribution in [2.24, 2.45) is 11.8 Å². The Morgan fingerprint density at radius 1 is 1.07 bits per heavy atom. The summed E-state index contributed by atoms with van der Waals surface area (Å²) in [5.41, 5.74) is 0. The van der Waals surface area contributed by atoms with Gasteiger partial charge in [0.2, 0.25) is 0 Å². The van der Waals surface area contributed by atoms with Crippen LogP contribution in [-0.4, -0.2) is 65.9 Å². The highest BCUT2D eigenvalue weighted by atomic mass is 31.2. The van der Waals surface area contributed by atoms with Crippen molar-refractivity contribution < 1.29 is 37.8 Å². The first-order valence-electron chi connectivity index (χ1n) is 10.2.